The van der Waals surface area contributed by atoms with E-state index in [2.05, 4.69) is 21.7 Å². The van der Waals surface area contributed by atoms with Crippen molar-refractivity contribution in [3.63, 3.8) is 0 Å². The second-order valence-corrected chi connectivity index (χ2v) is 8.25. The molecule has 0 spiro atoms. The highest BCUT2D eigenvalue weighted by Crippen LogP contribution is 2.28. The van der Waals surface area contributed by atoms with Gasteiger partial charge in [-0.2, -0.15) is 0 Å². The van der Waals surface area contributed by atoms with Gasteiger partial charge in [-0.25, -0.2) is 0 Å². The Balaban J connectivity index is 1.25. The largest absolute Gasteiger partial charge is 0.352 e. The predicted octanol–water partition coefficient (Wildman–Crippen LogP) is 1.53. The van der Waals surface area contributed by atoms with Crippen molar-refractivity contribution in [3.05, 3.63) is 29.8 Å². The molecule has 3 aliphatic rings. The average molecular weight is 398 g/mol. The van der Waals surface area contributed by atoms with Crippen LogP contribution in [0.1, 0.15) is 37.7 Å². The number of carbonyl (C=O) groups is 2. The van der Waals surface area contributed by atoms with Crippen molar-refractivity contribution < 1.29 is 9.59 Å². The van der Waals surface area contributed by atoms with E-state index in [0.717, 1.165) is 44.5 Å². The Morgan fingerprint density at radius 2 is 1.93 bits per heavy atom. The lowest BCUT2D eigenvalue weighted by molar-refractivity contribution is -0.134. The van der Waals surface area contributed by atoms with Crippen molar-refractivity contribution >= 4 is 23.5 Å². The van der Waals surface area contributed by atoms with Crippen LogP contribution in [0.2, 0.25) is 0 Å². The van der Waals surface area contributed by atoms with Gasteiger partial charge in [-0.3, -0.25) is 14.6 Å². The van der Waals surface area contributed by atoms with Gasteiger partial charge in [0.05, 0.1) is 6.54 Å². The zero-order chi connectivity index (χ0) is 20.2. The number of anilines is 1. The SMILES string of the molecule is CN=C(NCC(=O)N1CCc2ccccc21)NC1CCN(C(=O)C2CCCC2)C1. The first kappa shape index (κ1) is 19.7. The molecule has 29 heavy (non-hydrogen) atoms. The summed E-state index contributed by atoms with van der Waals surface area (Å²) in [5.74, 6) is 1.21. The number of benzene rings is 1. The van der Waals surface area contributed by atoms with Gasteiger partial charge in [0.1, 0.15) is 0 Å². The summed E-state index contributed by atoms with van der Waals surface area (Å²) in [6, 6.07) is 8.24. The highest BCUT2D eigenvalue weighted by atomic mass is 16.2. The Labute approximate surface area is 172 Å². The van der Waals surface area contributed by atoms with Gasteiger partial charge in [0, 0.05) is 44.3 Å². The number of para-hydroxylation sites is 1. The third-order valence-corrected chi connectivity index (χ3v) is 6.36. The molecule has 0 radical (unpaired) electrons. The molecule has 0 bridgehead atoms. The fourth-order valence-electron chi connectivity index (χ4n) is 4.75. The van der Waals surface area contributed by atoms with E-state index in [1.165, 1.54) is 18.4 Å². The van der Waals surface area contributed by atoms with Gasteiger partial charge in [0.2, 0.25) is 11.8 Å². The van der Waals surface area contributed by atoms with Crippen molar-refractivity contribution in [2.75, 3.05) is 38.1 Å². The van der Waals surface area contributed by atoms with Crippen LogP contribution in [-0.2, 0) is 16.0 Å². The molecule has 4 rings (SSSR count). The van der Waals surface area contributed by atoms with E-state index in [9.17, 15) is 9.59 Å². The first-order valence-corrected chi connectivity index (χ1v) is 10.8. The number of nitrogens with one attached hydrogen (secondary N) is 2. The van der Waals surface area contributed by atoms with E-state index in [-0.39, 0.29) is 24.4 Å². The van der Waals surface area contributed by atoms with Crippen molar-refractivity contribution in [3.8, 4) is 0 Å². The van der Waals surface area contributed by atoms with Crippen LogP contribution < -0.4 is 15.5 Å². The maximum absolute atomic E-state index is 12.7. The summed E-state index contributed by atoms with van der Waals surface area (Å²) in [5, 5.41) is 6.53. The molecule has 1 atom stereocenters. The third-order valence-electron chi connectivity index (χ3n) is 6.36. The molecule has 1 saturated carbocycles. The standard InChI is InChI=1S/C22H31N5O2/c1-23-22(24-14-20(28)27-13-10-16-6-4-5-9-19(16)27)25-18-11-12-26(15-18)21(29)17-7-2-3-8-17/h4-6,9,17-18H,2-3,7-8,10-15H2,1H3,(H2,23,24,25). The maximum atomic E-state index is 12.7. The normalized spacial score (nSPS) is 22.1. The molecule has 2 aliphatic heterocycles. The summed E-state index contributed by atoms with van der Waals surface area (Å²) >= 11 is 0. The minimum atomic E-state index is 0.0439. The molecule has 7 nitrogen and oxygen atoms in total. The van der Waals surface area contributed by atoms with Crippen LogP contribution in [0.15, 0.2) is 29.3 Å². The van der Waals surface area contributed by atoms with Crippen LogP contribution in [0, 0.1) is 5.92 Å². The van der Waals surface area contributed by atoms with E-state index in [4.69, 9.17) is 0 Å². The number of hydrogen-bond acceptors (Lipinski definition) is 3. The average Bonchev–Trinajstić information content (AvgIpc) is 3.50. The van der Waals surface area contributed by atoms with Crippen molar-refractivity contribution in [1.29, 1.82) is 0 Å². The highest BCUT2D eigenvalue weighted by Gasteiger charge is 2.32. The van der Waals surface area contributed by atoms with Crippen LogP contribution in [0.5, 0.6) is 0 Å². The number of aliphatic imine (C=N–C) groups is 1. The fraction of sp³-hybridized carbons (Fsp3) is 0.591. The molecule has 2 heterocycles. The lowest BCUT2D eigenvalue weighted by atomic mass is 10.1. The van der Waals surface area contributed by atoms with Crippen LogP contribution in [0.4, 0.5) is 5.69 Å². The lowest BCUT2D eigenvalue weighted by Gasteiger charge is -2.22. The zero-order valence-corrected chi connectivity index (χ0v) is 17.2. The van der Waals surface area contributed by atoms with Gasteiger partial charge in [-0.05, 0) is 37.3 Å². The minimum Gasteiger partial charge on any atom is -0.352 e. The Kier molecular flexibility index (Phi) is 6.02. The zero-order valence-electron chi connectivity index (χ0n) is 17.2. The first-order chi connectivity index (χ1) is 14.2. The smallest absolute Gasteiger partial charge is 0.246 e. The predicted molar refractivity (Wildman–Crippen MR) is 114 cm³/mol. The second-order valence-electron chi connectivity index (χ2n) is 8.25. The molecule has 1 aromatic rings. The maximum Gasteiger partial charge on any atom is 0.246 e. The Hall–Kier alpha value is -2.57. The van der Waals surface area contributed by atoms with Gasteiger partial charge in [-0.1, -0.05) is 31.0 Å². The highest BCUT2D eigenvalue weighted by molar-refractivity contribution is 5.98. The van der Waals surface area contributed by atoms with Crippen LogP contribution >= 0.6 is 0 Å². The number of rotatable bonds is 4. The molecule has 1 aromatic carbocycles. The topological polar surface area (TPSA) is 77.0 Å². The van der Waals surface area contributed by atoms with Crippen molar-refractivity contribution in [2.45, 2.75) is 44.6 Å². The van der Waals surface area contributed by atoms with Gasteiger partial charge in [-0.15, -0.1) is 0 Å². The quantitative estimate of drug-likeness (QED) is 0.597. The molecule has 2 N–H and O–H groups in total. The second kappa shape index (κ2) is 8.84. The summed E-state index contributed by atoms with van der Waals surface area (Å²) in [5.41, 5.74) is 2.24. The number of amides is 2. The van der Waals surface area contributed by atoms with E-state index in [1.807, 2.05) is 28.0 Å². The van der Waals surface area contributed by atoms with Crippen LogP contribution in [0.3, 0.4) is 0 Å². The number of guanidine groups is 1. The van der Waals surface area contributed by atoms with Crippen molar-refractivity contribution in [2.24, 2.45) is 10.9 Å². The number of likely N-dealkylation sites (tertiary alicyclic amines) is 1. The number of hydrogen-bond donors (Lipinski definition) is 2. The minimum absolute atomic E-state index is 0.0439. The number of fused-ring (bicyclic) bond motifs is 1. The molecular weight excluding hydrogens is 366 g/mol. The third kappa shape index (κ3) is 4.38. The Morgan fingerprint density at radius 1 is 1.14 bits per heavy atom. The molecule has 1 aliphatic carbocycles. The first-order valence-electron chi connectivity index (χ1n) is 10.8. The van der Waals surface area contributed by atoms with E-state index >= 15 is 0 Å². The van der Waals surface area contributed by atoms with Gasteiger partial charge < -0.3 is 20.4 Å². The van der Waals surface area contributed by atoms with Gasteiger partial charge in [0.25, 0.3) is 0 Å². The Morgan fingerprint density at radius 3 is 2.72 bits per heavy atom. The molecular formula is C22H31N5O2. The van der Waals surface area contributed by atoms with Gasteiger partial charge in [0.15, 0.2) is 5.96 Å². The fourth-order valence-corrected chi connectivity index (χ4v) is 4.75. The molecule has 1 saturated heterocycles. The molecule has 1 unspecified atom stereocenters. The molecule has 2 amide bonds. The van der Waals surface area contributed by atoms with E-state index in [0.29, 0.717) is 18.4 Å². The summed E-state index contributed by atoms with van der Waals surface area (Å²) in [6.45, 7) is 2.44. The number of carbonyl (C=O) groups excluding carboxylic acids is 2. The summed E-state index contributed by atoms with van der Waals surface area (Å²) < 4.78 is 0. The van der Waals surface area contributed by atoms with Crippen LogP contribution in [-0.4, -0.2) is 61.9 Å². The van der Waals surface area contributed by atoms with Gasteiger partial charge >= 0.3 is 0 Å². The summed E-state index contributed by atoms with van der Waals surface area (Å²) in [7, 11) is 1.71. The van der Waals surface area contributed by atoms with Crippen molar-refractivity contribution in [1.82, 2.24) is 15.5 Å². The lowest BCUT2D eigenvalue weighted by Crippen LogP contribution is -2.48. The van der Waals surface area contributed by atoms with E-state index in [1.54, 1.807) is 7.05 Å². The number of nitrogens with zero attached hydrogens (tertiary/aromatic N) is 3. The monoisotopic (exact) mass is 397 g/mol. The molecule has 156 valence electrons. The molecule has 2 fully saturated rings. The Bertz CT molecular complexity index is 787. The molecule has 0 aromatic heterocycles. The summed E-state index contributed by atoms with van der Waals surface area (Å²) in [6.07, 6.45) is 6.25. The van der Waals surface area contributed by atoms with E-state index < -0.39 is 0 Å². The van der Waals surface area contributed by atoms with Crippen LogP contribution in [0.25, 0.3) is 0 Å². The summed E-state index contributed by atoms with van der Waals surface area (Å²) in [4.78, 5) is 33.4. The molecule has 7 heteroatoms.